The maximum atomic E-state index is 4.13. The van der Waals surface area contributed by atoms with Crippen molar-refractivity contribution in [3.63, 3.8) is 0 Å². The molecule has 20 heavy (non-hydrogen) atoms. The number of nitrogens with zero attached hydrogens (tertiary/aromatic N) is 1. The smallest absolute Gasteiger partial charge is 0.0775 e. The van der Waals surface area contributed by atoms with Crippen LogP contribution in [0.3, 0.4) is 0 Å². The Bertz CT molecular complexity index is 515. The molecule has 1 aromatic heterocycles. The highest BCUT2D eigenvalue weighted by Crippen LogP contribution is 2.04. The highest BCUT2D eigenvalue weighted by Gasteiger charge is 2.15. The van der Waals surface area contributed by atoms with Crippen LogP contribution in [0, 0.1) is 0 Å². The molecule has 2 rings (SSSR count). The molecule has 0 aliphatic carbocycles. The van der Waals surface area contributed by atoms with E-state index in [-0.39, 0.29) is 0 Å². The first-order valence-electron chi connectivity index (χ1n) is 7.25. The molecular weight excluding hydrogens is 260 g/mol. The number of hydrogen-bond acceptors (Lipinski definition) is 2. The zero-order valence-electron chi connectivity index (χ0n) is 12.7. The molecular formula is C17H24N2Si. The monoisotopic (exact) mass is 284 g/mol. The summed E-state index contributed by atoms with van der Waals surface area (Å²) in [5, 5.41) is 5.02. The van der Waals surface area contributed by atoms with Gasteiger partial charge in [-0.05, 0) is 30.2 Å². The van der Waals surface area contributed by atoms with Gasteiger partial charge >= 0.3 is 0 Å². The van der Waals surface area contributed by atoms with Crippen molar-refractivity contribution in [1.82, 2.24) is 10.3 Å². The molecule has 1 aromatic carbocycles. The Hall–Kier alpha value is -1.45. The third kappa shape index (κ3) is 4.58. The molecule has 0 unspecified atom stereocenters. The second-order valence-electron chi connectivity index (χ2n) is 6.23. The van der Waals surface area contributed by atoms with Gasteiger partial charge in [-0.3, -0.25) is 4.98 Å². The molecule has 0 aliphatic heterocycles. The van der Waals surface area contributed by atoms with Gasteiger partial charge in [-0.2, -0.15) is 0 Å². The quantitative estimate of drug-likeness (QED) is 0.651. The van der Waals surface area contributed by atoms with Crippen LogP contribution in [0.5, 0.6) is 0 Å². The van der Waals surface area contributed by atoms with Crippen molar-refractivity contribution >= 4 is 13.3 Å². The summed E-state index contributed by atoms with van der Waals surface area (Å²) in [6.45, 7) is 9.07. The average molecular weight is 284 g/mol. The first-order chi connectivity index (χ1) is 9.55. The summed E-state index contributed by atoms with van der Waals surface area (Å²) in [5.74, 6) is 0. The number of aromatic nitrogens is 1. The summed E-state index contributed by atoms with van der Waals surface area (Å²) in [6.07, 6.45) is 4.78. The van der Waals surface area contributed by atoms with Crippen LogP contribution in [0.25, 0.3) is 0 Å². The predicted molar refractivity (Wildman–Crippen MR) is 89.1 cm³/mol. The molecule has 0 atom stereocenters. The van der Waals surface area contributed by atoms with Crippen molar-refractivity contribution in [2.24, 2.45) is 0 Å². The lowest BCUT2D eigenvalue weighted by molar-refractivity contribution is 0.686. The SMILES string of the molecule is C[Si](C)(C)c1ccc(CNCCc2cccnc2)cc1. The van der Waals surface area contributed by atoms with Gasteiger partial charge in [0.2, 0.25) is 0 Å². The number of nitrogens with one attached hydrogen (secondary N) is 1. The van der Waals surface area contributed by atoms with Crippen molar-refractivity contribution in [2.75, 3.05) is 6.54 Å². The highest BCUT2D eigenvalue weighted by atomic mass is 28.3. The van der Waals surface area contributed by atoms with Crippen LogP contribution in [0.15, 0.2) is 48.8 Å². The third-order valence-electron chi connectivity index (χ3n) is 3.46. The van der Waals surface area contributed by atoms with Crippen molar-refractivity contribution < 1.29 is 0 Å². The van der Waals surface area contributed by atoms with E-state index >= 15 is 0 Å². The second-order valence-corrected chi connectivity index (χ2v) is 11.3. The first kappa shape index (κ1) is 14.9. The summed E-state index contributed by atoms with van der Waals surface area (Å²) in [5.41, 5.74) is 2.65. The van der Waals surface area contributed by atoms with Gasteiger partial charge in [0.15, 0.2) is 0 Å². The van der Waals surface area contributed by atoms with E-state index in [0.29, 0.717) is 0 Å². The summed E-state index contributed by atoms with van der Waals surface area (Å²) in [7, 11) is -1.17. The van der Waals surface area contributed by atoms with Gasteiger partial charge in [0.25, 0.3) is 0 Å². The van der Waals surface area contributed by atoms with Crippen molar-refractivity contribution in [1.29, 1.82) is 0 Å². The van der Waals surface area contributed by atoms with E-state index in [9.17, 15) is 0 Å². The van der Waals surface area contributed by atoms with E-state index in [1.54, 1.807) is 0 Å². The van der Waals surface area contributed by atoms with Crippen LogP contribution in [0.1, 0.15) is 11.1 Å². The number of benzene rings is 1. The van der Waals surface area contributed by atoms with E-state index in [4.69, 9.17) is 0 Å². The first-order valence-corrected chi connectivity index (χ1v) is 10.7. The summed E-state index contributed by atoms with van der Waals surface area (Å²) in [4.78, 5) is 4.13. The largest absolute Gasteiger partial charge is 0.312 e. The van der Waals surface area contributed by atoms with Gasteiger partial charge in [-0.1, -0.05) is 55.2 Å². The lowest BCUT2D eigenvalue weighted by atomic mass is 10.2. The molecule has 106 valence electrons. The molecule has 0 spiro atoms. The maximum Gasteiger partial charge on any atom is 0.0775 e. The Kier molecular flexibility index (Phi) is 5.09. The van der Waals surface area contributed by atoms with Crippen molar-refractivity contribution in [2.45, 2.75) is 32.6 Å². The Labute approximate surface area is 123 Å². The van der Waals surface area contributed by atoms with E-state index in [1.165, 1.54) is 16.3 Å². The Balaban J connectivity index is 1.77. The third-order valence-corrected chi connectivity index (χ3v) is 5.53. The van der Waals surface area contributed by atoms with Gasteiger partial charge in [-0.15, -0.1) is 0 Å². The standard InChI is InChI=1S/C17H24N2Si/c1-20(2,3)17-8-6-16(7-9-17)14-19-12-10-15-5-4-11-18-13-15/h4-9,11,13,19H,10,12,14H2,1-3H3. The fraction of sp³-hybridized carbons (Fsp3) is 0.353. The zero-order valence-corrected chi connectivity index (χ0v) is 13.7. The molecule has 0 radical (unpaired) electrons. The normalized spacial score (nSPS) is 11.6. The van der Waals surface area contributed by atoms with Gasteiger partial charge in [0.1, 0.15) is 0 Å². The Morgan fingerprint density at radius 3 is 2.35 bits per heavy atom. The molecule has 0 saturated heterocycles. The topological polar surface area (TPSA) is 24.9 Å². The van der Waals surface area contributed by atoms with Gasteiger partial charge < -0.3 is 5.32 Å². The number of rotatable bonds is 6. The molecule has 0 amide bonds. The summed E-state index contributed by atoms with van der Waals surface area (Å²) in [6, 6.07) is 13.2. The highest BCUT2D eigenvalue weighted by molar-refractivity contribution is 6.88. The minimum absolute atomic E-state index is 0.937. The maximum absolute atomic E-state index is 4.13. The molecule has 0 saturated carbocycles. The van der Waals surface area contributed by atoms with Crippen LogP contribution in [-0.4, -0.2) is 19.6 Å². The van der Waals surface area contributed by atoms with Crippen LogP contribution in [0.4, 0.5) is 0 Å². The molecule has 2 aromatic rings. The average Bonchev–Trinajstić information content (AvgIpc) is 2.44. The lowest BCUT2D eigenvalue weighted by Gasteiger charge is -2.16. The van der Waals surface area contributed by atoms with Crippen LogP contribution >= 0.6 is 0 Å². The molecule has 1 heterocycles. The minimum Gasteiger partial charge on any atom is -0.312 e. The summed E-state index contributed by atoms with van der Waals surface area (Å²) < 4.78 is 0. The molecule has 0 aliphatic rings. The van der Waals surface area contributed by atoms with E-state index < -0.39 is 8.07 Å². The van der Waals surface area contributed by atoms with Crippen molar-refractivity contribution in [3.8, 4) is 0 Å². The van der Waals surface area contributed by atoms with E-state index in [0.717, 1.165) is 19.5 Å². The Morgan fingerprint density at radius 2 is 1.75 bits per heavy atom. The van der Waals surface area contributed by atoms with Gasteiger partial charge in [0.05, 0.1) is 8.07 Å². The minimum atomic E-state index is -1.17. The number of hydrogen-bond donors (Lipinski definition) is 1. The zero-order chi connectivity index (χ0) is 14.4. The predicted octanol–water partition coefficient (Wildman–Crippen LogP) is 2.96. The lowest BCUT2D eigenvalue weighted by Crippen LogP contribution is -2.37. The summed E-state index contributed by atoms with van der Waals surface area (Å²) >= 11 is 0. The molecule has 0 bridgehead atoms. The Morgan fingerprint density at radius 1 is 1.00 bits per heavy atom. The molecule has 3 heteroatoms. The van der Waals surface area contributed by atoms with E-state index in [1.807, 2.05) is 18.5 Å². The fourth-order valence-corrected chi connectivity index (χ4v) is 3.30. The van der Waals surface area contributed by atoms with Crippen LogP contribution in [-0.2, 0) is 13.0 Å². The van der Waals surface area contributed by atoms with Crippen LogP contribution in [0.2, 0.25) is 19.6 Å². The van der Waals surface area contributed by atoms with Crippen molar-refractivity contribution in [3.05, 3.63) is 59.9 Å². The van der Waals surface area contributed by atoms with Crippen LogP contribution < -0.4 is 10.5 Å². The van der Waals surface area contributed by atoms with E-state index in [2.05, 4.69) is 60.3 Å². The number of pyridine rings is 1. The van der Waals surface area contributed by atoms with Gasteiger partial charge in [0, 0.05) is 18.9 Å². The van der Waals surface area contributed by atoms with Gasteiger partial charge in [-0.25, -0.2) is 0 Å². The molecule has 0 fully saturated rings. The fourth-order valence-electron chi connectivity index (χ4n) is 2.13. The molecule has 1 N–H and O–H groups in total. The molecule has 2 nitrogen and oxygen atoms in total. The second kappa shape index (κ2) is 6.82.